The van der Waals surface area contributed by atoms with Gasteiger partial charge in [-0.15, -0.1) is 10.2 Å². The van der Waals surface area contributed by atoms with Gasteiger partial charge >= 0.3 is 12.3 Å². The van der Waals surface area contributed by atoms with E-state index in [1.54, 1.807) is 18.2 Å². The number of rotatable bonds is 3. The van der Waals surface area contributed by atoms with E-state index in [4.69, 9.17) is 5.73 Å². The highest BCUT2D eigenvalue weighted by atomic mass is 19.4. The van der Waals surface area contributed by atoms with E-state index in [-0.39, 0.29) is 22.8 Å². The van der Waals surface area contributed by atoms with Crippen molar-refractivity contribution >= 4 is 23.1 Å². The SMILES string of the molecule is Nc1ccc(N(C(=O)NC(F)(F)F)c2ccccc2)c(-c2nn[nH]n2)c1. The van der Waals surface area contributed by atoms with Gasteiger partial charge in [-0.1, -0.05) is 18.2 Å². The molecule has 1 aromatic heterocycles. The van der Waals surface area contributed by atoms with Crippen molar-refractivity contribution in [3.05, 3.63) is 48.5 Å². The van der Waals surface area contributed by atoms with Gasteiger partial charge in [-0.2, -0.15) is 18.4 Å². The van der Waals surface area contributed by atoms with Gasteiger partial charge in [0.15, 0.2) is 0 Å². The molecule has 8 nitrogen and oxygen atoms in total. The predicted molar refractivity (Wildman–Crippen MR) is 87.2 cm³/mol. The second-order valence-electron chi connectivity index (χ2n) is 5.11. The molecule has 0 aliphatic rings. The smallest absolute Gasteiger partial charge is 0.399 e. The molecule has 4 N–H and O–H groups in total. The molecule has 0 aliphatic carbocycles. The summed E-state index contributed by atoms with van der Waals surface area (Å²) < 4.78 is 38.2. The Morgan fingerprint density at radius 2 is 1.88 bits per heavy atom. The van der Waals surface area contributed by atoms with Crippen LogP contribution in [0.2, 0.25) is 0 Å². The van der Waals surface area contributed by atoms with Crippen molar-refractivity contribution in [2.45, 2.75) is 6.30 Å². The first-order chi connectivity index (χ1) is 12.3. The molecule has 0 radical (unpaired) electrons. The number of alkyl halides is 3. The fraction of sp³-hybridized carbons (Fsp3) is 0.0667. The average Bonchev–Trinajstić information content (AvgIpc) is 3.10. The Labute approximate surface area is 144 Å². The third-order valence-electron chi connectivity index (χ3n) is 3.31. The Morgan fingerprint density at radius 3 is 2.50 bits per heavy atom. The molecule has 2 amide bonds. The standard InChI is InChI=1S/C15H12F3N7O/c16-15(17,18)20-14(26)25(10-4-2-1-3-5-10)12-7-6-9(19)8-11(12)13-21-23-24-22-13/h1-8H,19H2,(H,20,26)(H,21,22,23,24). The highest BCUT2D eigenvalue weighted by Gasteiger charge is 2.34. The molecule has 0 bridgehead atoms. The molecule has 0 unspecified atom stereocenters. The number of tetrazole rings is 1. The van der Waals surface area contributed by atoms with Crippen molar-refractivity contribution in [2.24, 2.45) is 0 Å². The van der Waals surface area contributed by atoms with E-state index in [0.29, 0.717) is 5.69 Å². The number of aromatic nitrogens is 4. The minimum Gasteiger partial charge on any atom is -0.399 e. The Hall–Kier alpha value is -3.63. The number of nitrogens with zero attached hydrogens (tertiary/aromatic N) is 4. The average molecular weight is 363 g/mol. The van der Waals surface area contributed by atoms with Gasteiger partial charge in [-0.25, -0.2) is 10.1 Å². The van der Waals surface area contributed by atoms with Crippen LogP contribution in [0.15, 0.2) is 48.5 Å². The van der Waals surface area contributed by atoms with E-state index >= 15 is 0 Å². The number of benzene rings is 2. The highest BCUT2D eigenvalue weighted by molar-refractivity contribution is 6.03. The molecule has 2 aromatic carbocycles. The molecule has 134 valence electrons. The zero-order valence-electron chi connectivity index (χ0n) is 13.0. The van der Waals surface area contributed by atoms with Gasteiger partial charge in [0.25, 0.3) is 0 Å². The van der Waals surface area contributed by atoms with E-state index in [2.05, 4.69) is 20.6 Å². The first kappa shape index (κ1) is 17.2. The highest BCUT2D eigenvalue weighted by Crippen LogP contribution is 2.35. The normalized spacial score (nSPS) is 11.2. The second-order valence-corrected chi connectivity index (χ2v) is 5.11. The quantitative estimate of drug-likeness (QED) is 0.489. The maximum Gasteiger partial charge on any atom is 0.485 e. The van der Waals surface area contributed by atoms with Crippen LogP contribution >= 0.6 is 0 Å². The van der Waals surface area contributed by atoms with Crippen LogP contribution in [0.4, 0.5) is 35.0 Å². The van der Waals surface area contributed by atoms with Crippen LogP contribution in [0, 0.1) is 0 Å². The number of hydrogen-bond acceptors (Lipinski definition) is 5. The van der Waals surface area contributed by atoms with Crippen molar-refractivity contribution in [1.29, 1.82) is 0 Å². The summed E-state index contributed by atoms with van der Waals surface area (Å²) in [6.45, 7) is 0. The third kappa shape index (κ3) is 3.71. The van der Waals surface area contributed by atoms with Crippen molar-refractivity contribution in [1.82, 2.24) is 25.9 Å². The van der Waals surface area contributed by atoms with Crippen LogP contribution in [0.5, 0.6) is 0 Å². The Balaban J connectivity index is 2.15. The van der Waals surface area contributed by atoms with E-state index in [1.807, 2.05) is 0 Å². The lowest BCUT2D eigenvalue weighted by atomic mass is 10.1. The Kier molecular flexibility index (Phi) is 4.43. The second kappa shape index (κ2) is 6.70. The molecule has 3 rings (SSSR count). The molecule has 0 spiro atoms. The minimum atomic E-state index is -4.90. The van der Waals surface area contributed by atoms with Crippen molar-refractivity contribution in [3.8, 4) is 11.4 Å². The Bertz CT molecular complexity index is 897. The largest absolute Gasteiger partial charge is 0.485 e. The van der Waals surface area contributed by atoms with E-state index in [0.717, 1.165) is 10.2 Å². The molecule has 26 heavy (non-hydrogen) atoms. The maximum absolute atomic E-state index is 12.7. The zero-order chi connectivity index (χ0) is 18.7. The minimum absolute atomic E-state index is 0.0769. The number of nitrogens with one attached hydrogen (secondary N) is 2. The van der Waals surface area contributed by atoms with Gasteiger partial charge in [0.05, 0.1) is 11.4 Å². The number of amides is 2. The monoisotopic (exact) mass is 363 g/mol. The summed E-state index contributed by atoms with van der Waals surface area (Å²) in [6, 6.07) is 10.8. The van der Waals surface area contributed by atoms with Crippen LogP contribution in [-0.4, -0.2) is 33.0 Å². The van der Waals surface area contributed by atoms with Crippen LogP contribution in [-0.2, 0) is 0 Å². The lowest BCUT2D eigenvalue weighted by Crippen LogP contribution is -2.45. The molecule has 0 saturated heterocycles. The molecule has 0 fully saturated rings. The molecule has 0 aliphatic heterocycles. The number of nitrogens with two attached hydrogens (primary N) is 1. The number of aromatic amines is 1. The Morgan fingerprint density at radius 1 is 1.15 bits per heavy atom. The number of hydrogen-bond donors (Lipinski definition) is 3. The topological polar surface area (TPSA) is 113 Å². The molecular weight excluding hydrogens is 351 g/mol. The van der Waals surface area contributed by atoms with Crippen molar-refractivity contribution in [3.63, 3.8) is 0 Å². The summed E-state index contributed by atoms with van der Waals surface area (Å²) in [5, 5.41) is 14.3. The van der Waals surface area contributed by atoms with Gasteiger partial charge in [-0.3, -0.25) is 4.90 Å². The van der Waals surface area contributed by atoms with E-state index in [1.165, 1.54) is 30.3 Å². The maximum atomic E-state index is 12.7. The van der Waals surface area contributed by atoms with Crippen LogP contribution in [0.3, 0.4) is 0 Å². The first-order valence-electron chi connectivity index (χ1n) is 7.22. The molecular formula is C15H12F3N7O. The van der Waals surface area contributed by atoms with E-state index in [9.17, 15) is 18.0 Å². The summed E-state index contributed by atoms with van der Waals surface area (Å²) in [5.41, 5.74) is 6.64. The lowest BCUT2D eigenvalue weighted by molar-refractivity contribution is -0.144. The van der Waals surface area contributed by atoms with Crippen LogP contribution in [0.25, 0.3) is 11.4 Å². The fourth-order valence-corrected chi connectivity index (χ4v) is 2.32. The van der Waals surface area contributed by atoms with Gasteiger partial charge in [0, 0.05) is 11.3 Å². The number of carbonyl (C=O) groups excluding carboxylic acids is 1. The van der Waals surface area contributed by atoms with Crippen molar-refractivity contribution in [2.75, 3.05) is 10.6 Å². The lowest BCUT2D eigenvalue weighted by Gasteiger charge is -2.25. The van der Waals surface area contributed by atoms with E-state index < -0.39 is 12.3 Å². The fourth-order valence-electron chi connectivity index (χ4n) is 2.32. The van der Waals surface area contributed by atoms with Gasteiger partial charge in [0.1, 0.15) is 0 Å². The number of halogens is 3. The molecule has 1 heterocycles. The molecule has 0 atom stereocenters. The molecule has 3 aromatic rings. The van der Waals surface area contributed by atoms with Crippen LogP contribution in [0.1, 0.15) is 0 Å². The first-order valence-corrected chi connectivity index (χ1v) is 7.22. The summed E-state index contributed by atoms with van der Waals surface area (Å²) in [6.07, 6.45) is -4.90. The number of carbonyl (C=O) groups is 1. The van der Waals surface area contributed by atoms with Crippen molar-refractivity contribution < 1.29 is 18.0 Å². The summed E-state index contributed by atoms with van der Waals surface area (Å²) in [7, 11) is 0. The molecule has 0 saturated carbocycles. The summed E-state index contributed by atoms with van der Waals surface area (Å²) >= 11 is 0. The number of urea groups is 1. The zero-order valence-corrected chi connectivity index (χ0v) is 13.0. The third-order valence-corrected chi connectivity index (χ3v) is 3.31. The number of nitrogen functional groups attached to an aromatic ring is 1. The number of H-pyrrole nitrogens is 1. The summed E-state index contributed by atoms with van der Waals surface area (Å²) in [5.74, 6) is 0.0769. The molecule has 11 heteroatoms. The number of anilines is 3. The number of para-hydroxylation sites is 1. The van der Waals surface area contributed by atoms with Gasteiger partial charge < -0.3 is 5.73 Å². The van der Waals surface area contributed by atoms with Gasteiger partial charge in [-0.05, 0) is 35.5 Å². The predicted octanol–water partition coefficient (Wildman–Crippen LogP) is 2.82. The van der Waals surface area contributed by atoms with Crippen LogP contribution < -0.4 is 16.0 Å². The van der Waals surface area contributed by atoms with Gasteiger partial charge in [0.2, 0.25) is 5.82 Å². The summed E-state index contributed by atoms with van der Waals surface area (Å²) in [4.78, 5) is 13.2.